The predicted octanol–water partition coefficient (Wildman–Crippen LogP) is 7.91. The maximum atomic E-state index is 13.0. The number of rotatable bonds is 2. The van der Waals surface area contributed by atoms with E-state index in [0.29, 0.717) is 22.3 Å². The summed E-state index contributed by atoms with van der Waals surface area (Å²) in [6.45, 7) is 0. The van der Waals surface area contributed by atoms with Gasteiger partial charge in [-0.15, -0.1) is 0 Å². The SMILES string of the molecule is O[C@]1(C#Cc2ccccc2)c2ccccc2[C@@](O)(C#Cc2ccccc2)c2c(-c3ccccc3)ccc(-c3ccccc3)c21. The lowest BCUT2D eigenvalue weighted by Gasteiger charge is -2.42. The van der Waals surface area contributed by atoms with E-state index in [0.717, 1.165) is 33.4 Å². The lowest BCUT2D eigenvalue weighted by molar-refractivity contribution is 0.0954. The first-order valence-corrected chi connectivity index (χ1v) is 14.6. The predicted molar refractivity (Wildman–Crippen MR) is 176 cm³/mol. The van der Waals surface area contributed by atoms with E-state index in [4.69, 9.17) is 0 Å². The summed E-state index contributed by atoms with van der Waals surface area (Å²) < 4.78 is 0. The molecular formula is C42H28O2. The monoisotopic (exact) mass is 564 g/mol. The Balaban J connectivity index is 1.64. The zero-order chi connectivity index (χ0) is 30.0. The fourth-order valence-electron chi connectivity index (χ4n) is 6.08. The molecule has 0 fully saturated rings. The molecule has 0 heterocycles. The highest BCUT2D eigenvalue weighted by Gasteiger charge is 2.51. The van der Waals surface area contributed by atoms with Crippen LogP contribution in [0.25, 0.3) is 22.3 Å². The van der Waals surface area contributed by atoms with Gasteiger partial charge in [0.15, 0.2) is 11.2 Å². The van der Waals surface area contributed by atoms with Crippen molar-refractivity contribution in [2.45, 2.75) is 11.2 Å². The molecule has 1 aliphatic carbocycles. The second-order valence-corrected chi connectivity index (χ2v) is 10.8. The molecule has 6 aromatic rings. The van der Waals surface area contributed by atoms with E-state index in [1.54, 1.807) is 0 Å². The minimum Gasteiger partial charge on any atom is -0.369 e. The molecule has 44 heavy (non-hydrogen) atoms. The van der Waals surface area contributed by atoms with Gasteiger partial charge in [0, 0.05) is 33.4 Å². The van der Waals surface area contributed by atoms with Gasteiger partial charge in [-0.05, 0) is 46.5 Å². The Morgan fingerprint density at radius 3 is 1.05 bits per heavy atom. The maximum absolute atomic E-state index is 13.0. The van der Waals surface area contributed by atoms with Crippen LogP contribution >= 0.6 is 0 Å². The Morgan fingerprint density at radius 1 is 0.364 bits per heavy atom. The van der Waals surface area contributed by atoms with Crippen molar-refractivity contribution in [1.82, 2.24) is 0 Å². The van der Waals surface area contributed by atoms with Gasteiger partial charge < -0.3 is 10.2 Å². The van der Waals surface area contributed by atoms with Crippen molar-refractivity contribution in [3.05, 3.63) is 191 Å². The molecule has 6 aromatic carbocycles. The van der Waals surface area contributed by atoms with Gasteiger partial charge in [-0.1, -0.05) is 157 Å². The van der Waals surface area contributed by atoms with Crippen molar-refractivity contribution >= 4 is 0 Å². The van der Waals surface area contributed by atoms with Crippen LogP contribution in [0, 0.1) is 23.7 Å². The van der Waals surface area contributed by atoms with E-state index in [9.17, 15) is 10.2 Å². The van der Waals surface area contributed by atoms with Gasteiger partial charge in [-0.3, -0.25) is 0 Å². The van der Waals surface area contributed by atoms with Crippen molar-refractivity contribution in [3.63, 3.8) is 0 Å². The third-order valence-electron chi connectivity index (χ3n) is 8.13. The van der Waals surface area contributed by atoms with Gasteiger partial charge in [0.2, 0.25) is 0 Å². The molecule has 1 aliphatic rings. The van der Waals surface area contributed by atoms with Crippen molar-refractivity contribution < 1.29 is 10.2 Å². The number of fused-ring (bicyclic) bond motifs is 2. The van der Waals surface area contributed by atoms with E-state index in [1.807, 2.05) is 158 Å². The summed E-state index contributed by atoms with van der Waals surface area (Å²) in [5.41, 5.74) is 3.45. The normalized spacial score (nSPS) is 18.0. The van der Waals surface area contributed by atoms with E-state index in [2.05, 4.69) is 23.7 Å². The Kier molecular flexibility index (Phi) is 6.94. The molecule has 2 N–H and O–H groups in total. The van der Waals surface area contributed by atoms with Gasteiger partial charge >= 0.3 is 0 Å². The summed E-state index contributed by atoms with van der Waals surface area (Å²) in [7, 11) is 0. The summed E-state index contributed by atoms with van der Waals surface area (Å²) >= 11 is 0. The number of aliphatic hydroxyl groups is 2. The van der Waals surface area contributed by atoms with Gasteiger partial charge in [0.25, 0.3) is 0 Å². The van der Waals surface area contributed by atoms with Crippen LogP contribution < -0.4 is 0 Å². The van der Waals surface area contributed by atoms with Crippen LogP contribution in [0.2, 0.25) is 0 Å². The van der Waals surface area contributed by atoms with Crippen LogP contribution in [0.15, 0.2) is 158 Å². The van der Waals surface area contributed by atoms with Crippen molar-refractivity contribution in [3.8, 4) is 45.9 Å². The second kappa shape index (κ2) is 11.2. The van der Waals surface area contributed by atoms with Crippen LogP contribution in [-0.4, -0.2) is 10.2 Å². The first-order valence-electron chi connectivity index (χ1n) is 14.6. The summed E-state index contributed by atoms with van der Waals surface area (Å²) in [4.78, 5) is 0. The molecule has 0 aliphatic heterocycles. The van der Waals surface area contributed by atoms with Crippen LogP contribution in [0.5, 0.6) is 0 Å². The molecule has 2 heteroatoms. The van der Waals surface area contributed by atoms with Gasteiger partial charge in [-0.25, -0.2) is 0 Å². The molecular weight excluding hydrogens is 536 g/mol. The minimum atomic E-state index is -1.77. The van der Waals surface area contributed by atoms with Crippen molar-refractivity contribution in [2.75, 3.05) is 0 Å². The Labute approximate surface area is 257 Å². The molecule has 0 amide bonds. The number of hydrogen-bond donors (Lipinski definition) is 2. The summed E-state index contributed by atoms with van der Waals surface area (Å²) in [5, 5.41) is 26.1. The van der Waals surface area contributed by atoms with Crippen LogP contribution in [0.3, 0.4) is 0 Å². The number of hydrogen-bond acceptors (Lipinski definition) is 2. The third kappa shape index (κ3) is 4.70. The van der Waals surface area contributed by atoms with Crippen LogP contribution in [-0.2, 0) is 11.2 Å². The highest BCUT2D eigenvalue weighted by atomic mass is 16.3. The van der Waals surface area contributed by atoms with Crippen LogP contribution in [0.1, 0.15) is 33.4 Å². The lowest BCUT2D eigenvalue weighted by atomic mass is 9.64. The van der Waals surface area contributed by atoms with Crippen molar-refractivity contribution in [1.29, 1.82) is 0 Å². The molecule has 0 saturated carbocycles. The molecule has 7 rings (SSSR count). The molecule has 0 spiro atoms. The maximum Gasteiger partial charge on any atom is 0.178 e. The second-order valence-electron chi connectivity index (χ2n) is 10.8. The lowest BCUT2D eigenvalue weighted by Crippen LogP contribution is -2.42. The third-order valence-corrected chi connectivity index (χ3v) is 8.13. The fourth-order valence-corrected chi connectivity index (χ4v) is 6.08. The highest BCUT2D eigenvalue weighted by molar-refractivity contribution is 5.85. The summed E-state index contributed by atoms with van der Waals surface area (Å²) in [5.74, 6) is 13.0. The zero-order valence-electron chi connectivity index (χ0n) is 23.9. The van der Waals surface area contributed by atoms with E-state index < -0.39 is 11.2 Å². The standard InChI is InChI=1S/C42H28O2/c43-41(29-27-31-15-5-1-6-16-31)37-23-13-14-24-38(37)42(44,30-28-32-17-7-2-8-18-32)40-36(34-21-11-4-12-22-34)26-25-35(39(40)41)33-19-9-3-10-20-33/h1-26,43-44H/t41-,42+. The first kappa shape index (κ1) is 27.2. The zero-order valence-corrected chi connectivity index (χ0v) is 23.9. The van der Waals surface area contributed by atoms with Gasteiger partial charge in [0.1, 0.15) is 0 Å². The summed E-state index contributed by atoms with van der Waals surface area (Å²) in [6.07, 6.45) is 0. The highest BCUT2D eigenvalue weighted by Crippen LogP contribution is 2.53. The molecule has 0 radical (unpaired) electrons. The molecule has 0 unspecified atom stereocenters. The minimum absolute atomic E-state index is 0.503. The quantitative estimate of drug-likeness (QED) is 0.210. The molecule has 0 aromatic heterocycles. The molecule has 208 valence electrons. The van der Waals surface area contributed by atoms with Crippen molar-refractivity contribution in [2.24, 2.45) is 0 Å². The fraction of sp³-hybridized carbons (Fsp3) is 0.0476. The molecule has 0 bridgehead atoms. The first-order chi connectivity index (χ1) is 21.6. The molecule has 2 nitrogen and oxygen atoms in total. The van der Waals surface area contributed by atoms with E-state index in [-0.39, 0.29) is 0 Å². The number of benzene rings is 6. The van der Waals surface area contributed by atoms with E-state index in [1.165, 1.54) is 0 Å². The largest absolute Gasteiger partial charge is 0.369 e. The Hall–Kier alpha value is -5.64. The average Bonchev–Trinajstić information content (AvgIpc) is 3.10. The summed E-state index contributed by atoms with van der Waals surface area (Å²) in [6, 6.07) is 50.6. The molecule has 2 atom stereocenters. The topological polar surface area (TPSA) is 40.5 Å². The van der Waals surface area contributed by atoms with Gasteiger partial charge in [-0.2, -0.15) is 0 Å². The van der Waals surface area contributed by atoms with E-state index >= 15 is 0 Å². The molecule has 0 saturated heterocycles. The van der Waals surface area contributed by atoms with Gasteiger partial charge in [0.05, 0.1) is 0 Å². The van der Waals surface area contributed by atoms with Crippen LogP contribution in [0.4, 0.5) is 0 Å². The average molecular weight is 565 g/mol. The Bertz CT molecular complexity index is 1930. The smallest absolute Gasteiger partial charge is 0.178 e. The Morgan fingerprint density at radius 2 is 0.682 bits per heavy atom.